The molecule has 0 bridgehead atoms. The zero-order valence-electron chi connectivity index (χ0n) is 12.3. The van der Waals surface area contributed by atoms with Gasteiger partial charge in [0.1, 0.15) is 5.82 Å². The van der Waals surface area contributed by atoms with E-state index in [4.69, 9.17) is 0 Å². The number of carbonyl (C=O) groups excluding carboxylic acids is 1. The van der Waals surface area contributed by atoms with Crippen molar-refractivity contribution < 1.29 is 4.79 Å². The largest absolute Gasteiger partial charge is 0.335 e. The van der Waals surface area contributed by atoms with Crippen molar-refractivity contribution in [1.29, 1.82) is 0 Å². The van der Waals surface area contributed by atoms with E-state index >= 15 is 0 Å². The minimum absolute atomic E-state index is 0.0587. The van der Waals surface area contributed by atoms with E-state index in [1.165, 1.54) is 0 Å². The zero-order chi connectivity index (χ0) is 14.5. The minimum atomic E-state index is 0.0587. The number of hydrogen-bond acceptors (Lipinski definition) is 4. The summed E-state index contributed by atoms with van der Waals surface area (Å²) in [6, 6.07) is 1.82. The summed E-state index contributed by atoms with van der Waals surface area (Å²) in [5.41, 5.74) is 2.20. The first kappa shape index (κ1) is 14.4. The molecule has 2 heterocycles. The Labute approximate surface area is 119 Å². The normalized spacial score (nSPS) is 10.8. The van der Waals surface area contributed by atoms with E-state index in [9.17, 15) is 4.79 Å². The molecule has 0 spiro atoms. The Kier molecular flexibility index (Phi) is 4.61. The van der Waals surface area contributed by atoms with Crippen molar-refractivity contribution >= 4 is 5.78 Å². The molecule has 0 amide bonds. The summed E-state index contributed by atoms with van der Waals surface area (Å²) in [7, 11) is 0. The monoisotopic (exact) mass is 272 g/mol. The van der Waals surface area contributed by atoms with Crippen LogP contribution in [0.5, 0.6) is 0 Å². The Morgan fingerprint density at radius 3 is 2.80 bits per heavy atom. The van der Waals surface area contributed by atoms with Crippen LogP contribution in [0.15, 0.2) is 18.5 Å². The van der Waals surface area contributed by atoms with Gasteiger partial charge >= 0.3 is 0 Å². The Hall–Kier alpha value is -2.04. The third-order valence-corrected chi connectivity index (χ3v) is 3.21. The molecule has 0 radical (unpaired) electrons. The first-order valence-electron chi connectivity index (χ1n) is 7.02. The topological polar surface area (TPSA) is 60.7 Å². The molecule has 0 N–H and O–H groups in total. The van der Waals surface area contributed by atoms with E-state index in [2.05, 4.69) is 22.1 Å². The lowest BCUT2D eigenvalue weighted by atomic mass is 10.0. The lowest BCUT2D eigenvalue weighted by Crippen LogP contribution is -2.13. The van der Waals surface area contributed by atoms with Gasteiger partial charge in [0.05, 0.1) is 17.8 Å². The highest BCUT2D eigenvalue weighted by atomic mass is 16.1. The van der Waals surface area contributed by atoms with Gasteiger partial charge in [-0.2, -0.15) is 10.2 Å². The number of aromatic nitrogens is 4. The third kappa shape index (κ3) is 3.10. The van der Waals surface area contributed by atoms with E-state index in [-0.39, 0.29) is 5.78 Å². The van der Waals surface area contributed by atoms with Gasteiger partial charge in [-0.15, -0.1) is 0 Å². The average Bonchev–Trinajstić information content (AvgIpc) is 2.86. The molecule has 20 heavy (non-hydrogen) atoms. The van der Waals surface area contributed by atoms with Gasteiger partial charge in [0.15, 0.2) is 5.78 Å². The second-order valence-electron chi connectivity index (χ2n) is 4.84. The lowest BCUT2D eigenvalue weighted by Gasteiger charge is -2.08. The highest BCUT2D eigenvalue weighted by Crippen LogP contribution is 2.12. The molecular formula is C15H20N4O. The first-order valence-corrected chi connectivity index (χ1v) is 7.02. The van der Waals surface area contributed by atoms with Crippen molar-refractivity contribution in [2.75, 3.05) is 0 Å². The molecule has 0 unspecified atom stereocenters. The Bertz CT molecular complexity index is 604. The Balaban J connectivity index is 2.23. The molecule has 0 aliphatic heterocycles. The fourth-order valence-electron chi connectivity index (χ4n) is 2.21. The molecule has 2 aromatic heterocycles. The molecule has 2 rings (SSSR count). The number of imidazole rings is 1. The Morgan fingerprint density at radius 1 is 1.30 bits per heavy atom. The smallest absolute Gasteiger partial charge is 0.172 e. The zero-order valence-corrected chi connectivity index (χ0v) is 12.3. The molecule has 0 aromatic carbocycles. The molecule has 5 nitrogen and oxygen atoms in total. The summed E-state index contributed by atoms with van der Waals surface area (Å²) in [5.74, 6) is 0.872. The molecular weight excluding hydrogens is 252 g/mol. The molecule has 0 fully saturated rings. The van der Waals surface area contributed by atoms with Crippen molar-refractivity contribution in [1.82, 2.24) is 19.7 Å². The van der Waals surface area contributed by atoms with Crippen LogP contribution in [0, 0.1) is 6.92 Å². The van der Waals surface area contributed by atoms with Crippen LogP contribution in [0.1, 0.15) is 47.8 Å². The van der Waals surface area contributed by atoms with Crippen LogP contribution in [-0.2, 0) is 19.4 Å². The maximum absolute atomic E-state index is 12.5. The van der Waals surface area contributed by atoms with Crippen molar-refractivity contribution in [3.05, 3.63) is 41.2 Å². The maximum Gasteiger partial charge on any atom is 0.172 e. The second kappa shape index (κ2) is 6.41. The minimum Gasteiger partial charge on any atom is -0.335 e. The summed E-state index contributed by atoms with van der Waals surface area (Å²) in [5, 5.41) is 8.12. The number of aryl methyl sites for hydroxylation is 3. The molecule has 106 valence electrons. The number of hydrogen-bond donors (Lipinski definition) is 0. The molecule has 5 heteroatoms. The van der Waals surface area contributed by atoms with Gasteiger partial charge in [0.25, 0.3) is 0 Å². The number of Topliss-reactive ketones (excluding diaryl/α,β-unsaturated/α-hetero) is 1. The number of ketones is 1. The van der Waals surface area contributed by atoms with E-state index < -0.39 is 0 Å². The third-order valence-electron chi connectivity index (χ3n) is 3.21. The second-order valence-corrected chi connectivity index (χ2v) is 4.84. The van der Waals surface area contributed by atoms with E-state index in [1.807, 2.05) is 30.7 Å². The van der Waals surface area contributed by atoms with Gasteiger partial charge in [0, 0.05) is 24.5 Å². The maximum atomic E-state index is 12.5. The van der Waals surface area contributed by atoms with Crippen molar-refractivity contribution in [3.63, 3.8) is 0 Å². The number of rotatable bonds is 6. The first-order chi connectivity index (χ1) is 9.65. The predicted molar refractivity (Wildman–Crippen MR) is 76.7 cm³/mol. The SMILES string of the molecule is CCCn1ccnc1CC(=O)c1cc(C)nnc1CC. The van der Waals surface area contributed by atoms with E-state index in [0.717, 1.165) is 30.2 Å². The van der Waals surface area contributed by atoms with Crippen LogP contribution >= 0.6 is 0 Å². The number of carbonyl (C=O) groups is 1. The molecule has 0 aliphatic carbocycles. The average molecular weight is 272 g/mol. The summed E-state index contributed by atoms with van der Waals surface area (Å²) in [6.07, 6.45) is 5.70. The quantitative estimate of drug-likeness (QED) is 0.757. The highest BCUT2D eigenvalue weighted by molar-refractivity contribution is 5.98. The highest BCUT2D eigenvalue weighted by Gasteiger charge is 2.16. The van der Waals surface area contributed by atoms with Gasteiger partial charge < -0.3 is 4.57 Å². The van der Waals surface area contributed by atoms with Crippen molar-refractivity contribution in [2.24, 2.45) is 0 Å². The van der Waals surface area contributed by atoms with Crippen LogP contribution < -0.4 is 0 Å². The van der Waals surface area contributed by atoms with E-state index in [0.29, 0.717) is 18.4 Å². The van der Waals surface area contributed by atoms with Crippen LogP contribution in [0.4, 0.5) is 0 Å². The fraction of sp³-hybridized carbons (Fsp3) is 0.467. The molecule has 0 atom stereocenters. The summed E-state index contributed by atoms with van der Waals surface area (Å²) in [4.78, 5) is 16.8. The van der Waals surface area contributed by atoms with Crippen LogP contribution in [0.3, 0.4) is 0 Å². The van der Waals surface area contributed by atoms with Gasteiger partial charge in [-0.1, -0.05) is 13.8 Å². The van der Waals surface area contributed by atoms with Gasteiger partial charge in [0.2, 0.25) is 0 Å². The fourth-order valence-corrected chi connectivity index (χ4v) is 2.21. The molecule has 0 saturated heterocycles. The van der Waals surface area contributed by atoms with Crippen molar-refractivity contribution in [3.8, 4) is 0 Å². The molecule has 0 saturated carbocycles. The van der Waals surface area contributed by atoms with Crippen molar-refractivity contribution in [2.45, 2.75) is 46.6 Å². The summed E-state index contributed by atoms with van der Waals surface area (Å²) >= 11 is 0. The van der Waals surface area contributed by atoms with Crippen LogP contribution in [0.2, 0.25) is 0 Å². The van der Waals surface area contributed by atoms with E-state index in [1.54, 1.807) is 6.20 Å². The van der Waals surface area contributed by atoms with Gasteiger partial charge in [-0.05, 0) is 25.8 Å². The number of nitrogens with zero attached hydrogens (tertiary/aromatic N) is 4. The van der Waals surface area contributed by atoms with Crippen LogP contribution in [0.25, 0.3) is 0 Å². The Morgan fingerprint density at radius 2 is 2.10 bits per heavy atom. The van der Waals surface area contributed by atoms with Gasteiger partial charge in [-0.25, -0.2) is 4.98 Å². The summed E-state index contributed by atoms with van der Waals surface area (Å²) < 4.78 is 2.03. The summed E-state index contributed by atoms with van der Waals surface area (Å²) in [6.45, 7) is 6.82. The molecule has 0 aliphatic rings. The lowest BCUT2D eigenvalue weighted by molar-refractivity contribution is 0.0988. The standard InChI is InChI=1S/C15H20N4O/c1-4-7-19-8-6-16-15(19)10-14(20)12-9-11(3)17-18-13(12)5-2/h6,8-9H,4-5,7,10H2,1-3H3. The van der Waals surface area contributed by atoms with Crippen LogP contribution in [-0.4, -0.2) is 25.5 Å². The predicted octanol–water partition coefficient (Wildman–Crippen LogP) is 2.38. The van der Waals surface area contributed by atoms with Gasteiger partial charge in [-0.3, -0.25) is 4.79 Å². The molecule has 2 aromatic rings.